The van der Waals surface area contributed by atoms with Crippen LogP contribution in [0.2, 0.25) is 10.0 Å². The van der Waals surface area contributed by atoms with Crippen molar-refractivity contribution in [2.45, 2.75) is 13.0 Å². The average Bonchev–Trinajstić information content (AvgIpc) is 2.84. The van der Waals surface area contributed by atoms with E-state index in [0.717, 1.165) is 16.7 Å². The van der Waals surface area contributed by atoms with Crippen molar-refractivity contribution < 1.29 is 19.2 Å². The Bertz CT molecular complexity index is 831. The van der Waals surface area contributed by atoms with Crippen molar-refractivity contribution in [3.05, 3.63) is 38.7 Å². The van der Waals surface area contributed by atoms with Crippen LogP contribution >= 0.6 is 35.0 Å². The molecule has 1 saturated heterocycles. The molecule has 1 unspecified atom stereocenters. The van der Waals surface area contributed by atoms with Crippen molar-refractivity contribution in [2.24, 2.45) is 5.73 Å². The summed E-state index contributed by atoms with van der Waals surface area (Å²) < 4.78 is 0. The van der Waals surface area contributed by atoms with Crippen molar-refractivity contribution in [1.29, 1.82) is 0 Å². The predicted octanol–water partition coefficient (Wildman–Crippen LogP) is 2.20. The lowest BCUT2D eigenvalue weighted by Crippen LogP contribution is -2.48. The topological polar surface area (TPSA) is 122 Å². The normalized spacial score (nSPS) is 16.6. The third-order valence-corrected chi connectivity index (χ3v) is 4.98. The van der Waals surface area contributed by atoms with Crippen LogP contribution in [0.25, 0.3) is 6.08 Å². The summed E-state index contributed by atoms with van der Waals surface area (Å²) in [5.41, 5.74) is 5.50. The van der Waals surface area contributed by atoms with Crippen LogP contribution in [0.5, 0.6) is 0 Å². The van der Waals surface area contributed by atoms with Gasteiger partial charge in [0.1, 0.15) is 6.04 Å². The summed E-state index contributed by atoms with van der Waals surface area (Å²) >= 11 is 12.7. The Morgan fingerprint density at radius 2 is 2.04 bits per heavy atom. The van der Waals surface area contributed by atoms with Crippen molar-refractivity contribution >= 4 is 64.1 Å². The Kier molecular flexibility index (Phi) is 7.11. The molecule has 1 aromatic carbocycles. The highest BCUT2D eigenvalue weighted by Gasteiger charge is 2.34. The van der Waals surface area contributed by atoms with E-state index in [1.807, 2.05) is 0 Å². The zero-order valence-corrected chi connectivity index (χ0v) is 16.5. The first-order valence-electron chi connectivity index (χ1n) is 7.73. The van der Waals surface area contributed by atoms with Gasteiger partial charge in [-0.3, -0.25) is 19.3 Å². The maximum atomic E-state index is 12.4. The van der Waals surface area contributed by atoms with Crippen molar-refractivity contribution in [2.75, 3.05) is 13.1 Å². The fourth-order valence-electron chi connectivity index (χ4n) is 2.18. The van der Waals surface area contributed by atoms with Gasteiger partial charge < -0.3 is 16.4 Å². The van der Waals surface area contributed by atoms with E-state index in [-0.39, 0.29) is 18.0 Å². The van der Waals surface area contributed by atoms with E-state index in [4.69, 9.17) is 28.9 Å². The van der Waals surface area contributed by atoms with E-state index in [2.05, 4.69) is 10.6 Å². The number of imide groups is 1. The Morgan fingerprint density at radius 1 is 1.33 bits per heavy atom. The maximum absolute atomic E-state index is 12.4. The molecule has 1 fully saturated rings. The van der Waals surface area contributed by atoms with Crippen molar-refractivity contribution in [1.82, 2.24) is 15.5 Å². The Balaban J connectivity index is 1.97. The summed E-state index contributed by atoms with van der Waals surface area (Å²) in [7, 11) is 0. The van der Waals surface area contributed by atoms with Gasteiger partial charge in [-0.25, -0.2) is 4.79 Å². The number of hydrogen-bond donors (Lipinski definition) is 3. The first kappa shape index (κ1) is 21.1. The SMILES string of the molecule is CC(NC(N)=O)C(=O)NCCN1C(=O)SC(=Cc2ccc(Cl)cc2Cl)C1=O. The van der Waals surface area contributed by atoms with Crippen molar-refractivity contribution in [3.8, 4) is 0 Å². The van der Waals surface area contributed by atoms with Gasteiger partial charge in [-0.05, 0) is 42.5 Å². The lowest BCUT2D eigenvalue weighted by Gasteiger charge is -2.15. The molecule has 8 nitrogen and oxygen atoms in total. The van der Waals surface area contributed by atoms with Crippen LogP contribution in [0.4, 0.5) is 9.59 Å². The molecular formula is C16H16Cl2N4O4S. The average molecular weight is 431 g/mol. The van der Waals surface area contributed by atoms with Crippen LogP contribution < -0.4 is 16.4 Å². The fourth-order valence-corrected chi connectivity index (χ4v) is 3.49. The van der Waals surface area contributed by atoms with E-state index < -0.39 is 29.1 Å². The summed E-state index contributed by atoms with van der Waals surface area (Å²) in [6, 6.07) is 3.15. The number of halogens is 2. The molecule has 1 heterocycles. The third-order valence-electron chi connectivity index (χ3n) is 3.51. The minimum Gasteiger partial charge on any atom is -0.353 e. The molecule has 0 radical (unpaired) electrons. The van der Waals surface area contributed by atoms with Crippen LogP contribution in [0.15, 0.2) is 23.1 Å². The van der Waals surface area contributed by atoms with Crippen molar-refractivity contribution in [3.63, 3.8) is 0 Å². The number of nitrogens with zero attached hydrogens (tertiary/aromatic N) is 1. The summed E-state index contributed by atoms with van der Waals surface area (Å²) in [6.45, 7) is 1.49. The first-order valence-corrected chi connectivity index (χ1v) is 9.30. The van der Waals surface area contributed by atoms with Gasteiger partial charge in [0.2, 0.25) is 5.91 Å². The van der Waals surface area contributed by atoms with E-state index in [1.54, 1.807) is 12.1 Å². The van der Waals surface area contributed by atoms with Gasteiger partial charge in [0.05, 0.1) is 4.91 Å². The minimum atomic E-state index is -0.829. The van der Waals surface area contributed by atoms with Crippen LogP contribution in [0, 0.1) is 0 Å². The number of amides is 5. The van der Waals surface area contributed by atoms with E-state index >= 15 is 0 Å². The number of benzene rings is 1. The number of primary amides is 1. The molecule has 2 rings (SSSR count). The first-order chi connectivity index (χ1) is 12.7. The highest BCUT2D eigenvalue weighted by Crippen LogP contribution is 2.33. The second-order valence-corrected chi connectivity index (χ2v) is 7.36. The second kappa shape index (κ2) is 9.12. The van der Waals surface area contributed by atoms with E-state index in [1.165, 1.54) is 19.1 Å². The number of nitrogens with two attached hydrogens (primary N) is 1. The third kappa shape index (κ3) is 5.62. The molecule has 1 atom stereocenters. The van der Waals surface area contributed by atoms with Gasteiger partial charge in [0.25, 0.3) is 11.1 Å². The molecule has 1 aromatic rings. The molecule has 1 aliphatic rings. The fraction of sp³-hybridized carbons (Fsp3) is 0.250. The molecule has 5 amide bonds. The summed E-state index contributed by atoms with van der Waals surface area (Å²) in [6.07, 6.45) is 1.51. The van der Waals surface area contributed by atoms with Gasteiger partial charge in [-0.2, -0.15) is 0 Å². The quantitative estimate of drug-likeness (QED) is 0.597. The number of hydrogen-bond acceptors (Lipinski definition) is 5. The van der Waals surface area contributed by atoms with Crippen LogP contribution in [-0.2, 0) is 9.59 Å². The highest BCUT2D eigenvalue weighted by molar-refractivity contribution is 8.18. The summed E-state index contributed by atoms with van der Waals surface area (Å²) in [5, 5.41) is 5.11. The molecule has 1 aliphatic heterocycles. The van der Waals surface area contributed by atoms with Gasteiger partial charge in [0.15, 0.2) is 0 Å². The number of carbonyl (C=O) groups excluding carboxylic acids is 4. The zero-order chi connectivity index (χ0) is 20.1. The molecule has 0 bridgehead atoms. The zero-order valence-electron chi connectivity index (χ0n) is 14.1. The monoisotopic (exact) mass is 430 g/mol. The predicted molar refractivity (Wildman–Crippen MR) is 104 cm³/mol. The highest BCUT2D eigenvalue weighted by atomic mass is 35.5. The summed E-state index contributed by atoms with van der Waals surface area (Å²) in [5.74, 6) is -0.960. The second-order valence-electron chi connectivity index (χ2n) is 5.52. The van der Waals surface area contributed by atoms with Gasteiger partial charge in [-0.15, -0.1) is 0 Å². The number of carbonyl (C=O) groups is 4. The van der Waals surface area contributed by atoms with Gasteiger partial charge in [-0.1, -0.05) is 29.3 Å². The largest absolute Gasteiger partial charge is 0.353 e. The maximum Gasteiger partial charge on any atom is 0.312 e. The number of urea groups is 1. The molecule has 11 heteroatoms. The van der Waals surface area contributed by atoms with Gasteiger partial charge >= 0.3 is 6.03 Å². The number of nitrogens with one attached hydrogen (secondary N) is 2. The molecule has 0 spiro atoms. The Morgan fingerprint density at radius 3 is 2.67 bits per heavy atom. The smallest absolute Gasteiger partial charge is 0.312 e. The standard InChI is InChI=1S/C16H16Cl2N4O4S/c1-8(21-15(19)25)13(23)20-4-5-22-14(24)12(27-16(22)26)6-9-2-3-10(17)7-11(9)18/h2-3,6-8H,4-5H2,1H3,(H,20,23)(H3,19,21,25). The van der Waals surface area contributed by atoms with E-state index in [0.29, 0.717) is 15.6 Å². The lowest BCUT2D eigenvalue weighted by molar-refractivity contribution is -0.124. The van der Waals surface area contributed by atoms with E-state index in [9.17, 15) is 19.2 Å². The molecule has 0 saturated carbocycles. The van der Waals surface area contributed by atoms with Crippen LogP contribution in [0.1, 0.15) is 12.5 Å². The van der Waals surface area contributed by atoms with Crippen LogP contribution in [0.3, 0.4) is 0 Å². The molecule has 27 heavy (non-hydrogen) atoms. The minimum absolute atomic E-state index is 0.00854. The Hall–Kier alpha value is -2.23. The Labute approximate surface area is 169 Å². The number of rotatable bonds is 6. The molecule has 144 valence electrons. The van der Waals surface area contributed by atoms with Crippen LogP contribution in [-0.4, -0.2) is 47.1 Å². The van der Waals surface area contributed by atoms with Gasteiger partial charge in [0, 0.05) is 23.1 Å². The molecular weight excluding hydrogens is 415 g/mol. The molecule has 4 N–H and O–H groups in total. The molecule has 0 aliphatic carbocycles. The number of thioether (sulfide) groups is 1. The lowest BCUT2D eigenvalue weighted by atomic mass is 10.2. The summed E-state index contributed by atoms with van der Waals surface area (Å²) in [4.78, 5) is 48.2. The molecule has 0 aromatic heterocycles.